The summed E-state index contributed by atoms with van der Waals surface area (Å²) in [6.45, 7) is 4.23. The molecule has 0 radical (unpaired) electrons. The normalized spacial score (nSPS) is 50.3. The lowest BCUT2D eigenvalue weighted by Gasteiger charge is -2.39. The molecule has 4 heteroatoms. The maximum atomic E-state index is 6.49. The van der Waals surface area contributed by atoms with Gasteiger partial charge in [-0.1, -0.05) is 11.1 Å². The van der Waals surface area contributed by atoms with E-state index in [0.29, 0.717) is 48.0 Å². The van der Waals surface area contributed by atoms with E-state index < -0.39 is 0 Å². The summed E-state index contributed by atoms with van der Waals surface area (Å²) in [6.07, 6.45) is 15.1. The van der Waals surface area contributed by atoms with E-state index in [0.717, 1.165) is 26.1 Å². The Balaban J connectivity index is 1.04. The minimum atomic E-state index is 0.351. The van der Waals surface area contributed by atoms with Gasteiger partial charge in [0.25, 0.3) is 0 Å². The first-order valence-electron chi connectivity index (χ1n) is 11.4. The summed E-state index contributed by atoms with van der Waals surface area (Å²) in [5, 5.41) is 0. The van der Waals surface area contributed by atoms with Crippen molar-refractivity contribution in [1.82, 2.24) is 0 Å². The average Bonchev–Trinajstić information content (AvgIpc) is 3.57. The summed E-state index contributed by atoms with van der Waals surface area (Å²) in [6, 6.07) is 0. The molecule has 0 amide bonds. The third kappa shape index (κ3) is 3.52. The number of hydrogen-bond acceptors (Lipinski definition) is 4. The van der Waals surface area contributed by atoms with E-state index in [1.165, 1.54) is 51.4 Å². The van der Waals surface area contributed by atoms with E-state index in [9.17, 15) is 0 Å². The van der Waals surface area contributed by atoms with Gasteiger partial charge < -0.3 is 18.9 Å². The molecule has 0 aromatic heterocycles. The summed E-state index contributed by atoms with van der Waals surface area (Å²) in [5.41, 5.74) is 3.70. The van der Waals surface area contributed by atoms with E-state index in [4.69, 9.17) is 18.9 Å². The second-order valence-electron chi connectivity index (χ2n) is 10.5. The minimum absolute atomic E-state index is 0.351. The fourth-order valence-corrected chi connectivity index (χ4v) is 6.66. The van der Waals surface area contributed by atoms with Gasteiger partial charge in [0.2, 0.25) is 0 Å². The van der Waals surface area contributed by atoms with Crippen molar-refractivity contribution >= 4 is 0 Å². The Morgan fingerprint density at radius 2 is 1.59 bits per heavy atom. The first kappa shape index (κ1) is 17.4. The van der Waals surface area contributed by atoms with Crippen LogP contribution < -0.4 is 0 Å². The molecule has 4 aliphatic carbocycles. The smallest absolute Gasteiger partial charge is 0.0866 e. The van der Waals surface area contributed by atoms with Crippen molar-refractivity contribution in [2.75, 3.05) is 13.2 Å². The quantitative estimate of drug-likeness (QED) is 0.517. The highest BCUT2D eigenvalue weighted by Gasteiger charge is 2.48. The largest absolute Gasteiger partial charge is 0.378 e. The van der Waals surface area contributed by atoms with Crippen molar-refractivity contribution in [1.29, 1.82) is 0 Å². The lowest BCUT2D eigenvalue weighted by atomic mass is 9.71. The van der Waals surface area contributed by atoms with Crippen LogP contribution in [0.4, 0.5) is 0 Å². The lowest BCUT2D eigenvalue weighted by molar-refractivity contribution is -0.0470. The van der Waals surface area contributed by atoms with Crippen molar-refractivity contribution in [2.45, 2.75) is 108 Å². The van der Waals surface area contributed by atoms with Gasteiger partial charge in [-0.3, -0.25) is 0 Å². The Morgan fingerprint density at radius 3 is 2.30 bits per heavy atom. The van der Waals surface area contributed by atoms with Crippen LogP contribution in [0.3, 0.4) is 0 Å². The molecule has 150 valence electrons. The molecule has 27 heavy (non-hydrogen) atoms. The van der Waals surface area contributed by atoms with E-state index in [1.807, 2.05) is 0 Å². The molecule has 6 aliphatic rings. The Kier molecular flexibility index (Phi) is 4.23. The number of fused-ring (bicyclic) bond motifs is 4. The van der Waals surface area contributed by atoms with Gasteiger partial charge in [0.1, 0.15) is 0 Å². The first-order chi connectivity index (χ1) is 13.2. The molecule has 0 spiro atoms. The zero-order valence-electron chi connectivity index (χ0n) is 16.7. The molecule has 0 aromatic carbocycles. The standard InChI is InChI=1S/C23H34O4/c1-14-9-23(13-25-18-3-5-20-22(8-18)27-20)10-15(6-16(14)11-23)12-24-17-2-4-19-21(7-17)26-19/h15,17-22H,2-13H2,1H3. The Bertz CT molecular complexity index is 626. The van der Waals surface area contributed by atoms with E-state index in [1.54, 1.807) is 11.1 Å². The van der Waals surface area contributed by atoms with Gasteiger partial charge in [-0.25, -0.2) is 0 Å². The van der Waals surface area contributed by atoms with Crippen LogP contribution in [0.2, 0.25) is 0 Å². The summed E-state index contributed by atoms with van der Waals surface area (Å²) in [5.74, 6) is 0.676. The van der Waals surface area contributed by atoms with Crippen molar-refractivity contribution in [3.63, 3.8) is 0 Å². The molecule has 0 aromatic rings. The van der Waals surface area contributed by atoms with Crippen LogP contribution in [0.15, 0.2) is 11.1 Å². The van der Waals surface area contributed by atoms with Gasteiger partial charge in [-0.05, 0) is 64.2 Å². The molecule has 2 heterocycles. The fourth-order valence-electron chi connectivity index (χ4n) is 6.66. The zero-order chi connectivity index (χ0) is 18.0. The number of rotatable bonds is 6. The molecule has 2 saturated heterocycles. The Morgan fingerprint density at radius 1 is 0.889 bits per heavy atom. The van der Waals surface area contributed by atoms with Crippen molar-refractivity contribution in [3.8, 4) is 0 Å². The highest BCUT2D eigenvalue weighted by atomic mass is 16.6. The molecule has 4 nitrogen and oxygen atoms in total. The van der Waals surface area contributed by atoms with Crippen LogP contribution in [0.25, 0.3) is 0 Å². The second kappa shape index (κ2) is 6.55. The van der Waals surface area contributed by atoms with Gasteiger partial charge in [0, 0.05) is 18.3 Å². The van der Waals surface area contributed by atoms with Gasteiger partial charge in [0.05, 0.1) is 49.8 Å². The molecule has 3 saturated carbocycles. The molecule has 2 bridgehead atoms. The van der Waals surface area contributed by atoms with Crippen molar-refractivity contribution in [3.05, 3.63) is 11.1 Å². The van der Waals surface area contributed by atoms with Gasteiger partial charge >= 0.3 is 0 Å². The summed E-state index contributed by atoms with van der Waals surface area (Å²) in [4.78, 5) is 0. The Labute approximate surface area is 162 Å². The molecular weight excluding hydrogens is 340 g/mol. The molecule has 8 unspecified atom stereocenters. The number of epoxide rings is 2. The topological polar surface area (TPSA) is 43.5 Å². The van der Waals surface area contributed by atoms with Crippen LogP contribution >= 0.6 is 0 Å². The van der Waals surface area contributed by atoms with Gasteiger partial charge in [0.15, 0.2) is 0 Å². The third-order valence-electron chi connectivity index (χ3n) is 8.19. The molecule has 5 fully saturated rings. The van der Waals surface area contributed by atoms with Crippen LogP contribution in [-0.4, -0.2) is 49.8 Å². The maximum Gasteiger partial charge on any atom is 0.0866 e. The fraction of sp³-hybridized carbons (Fsp3) is 0.913. The summed E-state index contributed by atoms with van der Waals surface area (Å²) in [7, 11) is 0. The predicted molar refractivity (Wildman–Crippen MR) is 102 cm³/mol. The molecule has 2 aliphatic heterocycles. The first-order valence-corrected chi connectivity index (χ1v) is 11.4. The summed E-state index contributed by atoms with van der Waals surface area (Å²) >= 11 is 0. The second-order valence-corrected chi connectivity index (χ2v) is 10.5. The van der Waals surface area contributed by atoms with E-state index in [2.05, 4.69) is 6.92 Å². The Hall–Kier alpha value is -0.420. The number of hydrogen-bond donors (Lipinski definition) is 0. The molecular formula is C23H34O4. The van der Waals surface area contributed by atoms with Gasteiger partial charge in [-0.2, -0.15) is 0 Å². The van der Waals surface area contributed by atoms with Crippen molar-refractivity contribution < 1.29 is 18.9 Å². The highest BCUT2D eigenvalue weighted by molar-refractivity contribution is 5.27. The van der Waals surface area contributed by atoms with E-state index >= 15 is 0 Å². The summed E-state index contributed by atoms with van der Waals surface area (Å²) < 4.78 is 24.2. The minimum Gasteiger partial charge on any atom is -0.378 e. The number of allylic oxidation sites excluding steroid dienone is 2. The molecule has 6 rings (SSSR count). The molecule has 0 N–H and O–H groups in total. The van der Waals surface area contributed by atoms with Crippen LogP contribution in [-0.2, 0) is 18.9 Å². The SMILES string of the molecule is CC1=C2CC(COC3CCC4OC4C3)CC(COC3CCC4OC4C3)(C1)C2. The average molecular weight is 375 g/mol. The van der Waals surface area contributed by atoms with Crippen LogP contribution in [0, 0.1) is 11.3 Å². The lowest BCUT2D eigenvalue weighted by Crippen LogP contribution is -2.35. The predicted octanol–water partition coefficient (Wildman–Crippen LogP) is 4.17. The zero-order valence-corrected chi connectivity index (χ0v) is 16.7. The van der Waals surface area contributed by atoms with E-state index in [-0.39, 0.29) is 0 Å². The van der Waals surface area contributed by atoms with Crippen LogP contribution in [0.1, 0.15) is 71.1 Å². The molecule has 8 atom stereocenters. The van der Waals surface area contributed by atoms with Crippen molar-refractivity contribution in [2.24, 2.45) is 11.3 Å². The third-order valence-corrected chi connectivity index (χ3v) is 8.19. The van der Waals surface area contributed by atoms with Crippen LogP contribution in [0.5, 0.6) is 0 Å². The van der Waals surface area contributed by atoms with Gasteiger partial charge in [-0.15, -0.1) is 0 Å². The monoisotopic (exact) mass is 374 g/mol. The maximum absolute atomic E-state index is 6.49. The highest BCUT2D eigenvalue weighted by Crippen LogP contribution is 2.54. The number of ether oxygens (including phenoxy) is 4.